The number of halogens is 2. The van der Waals surface area contributed by atoms with Crippen molar-refractivity contribution in [1.82, 2.24) is 15.2 Å². The van der Waals surface area contributed by atoms with E-state index in [0.29, 0.717) is 12.0 Å². The molecule has 0 aliphatic carbocycles. The number of piperazine rings is 1. The summed E-state index contributed by atoms with van der Waals surface area (Å²) in [6.07, 6.45) is 1.22. The van der Waals surface area contributed by atoms with Crippen LogP contribution in [0.1, 0.15) is 43.8 Å². The van der Waals surface area contributed by atoms with Crippen LogP contribution in [-0.2, 0) is 4.74 Å². The van der Waals surface area contributed by atoms with Gasteiger partial charge < -0.3 is 20.3 Å². The zero-order chi connectivity index (χ0) is 19.7. The van der Waals surface area contributed by atoms with Crippen LogP contribution in [-0.4, -0.2) is 54.6 Å². The summed E-state index contributed by atoms with van der Waals surface area (Å²) in [4.78, 5) is 12.5. The molecule has 1 fully saturated rings. The summed E-state index contributed by atoms with van der Waals surface area (Å²) in [6, 6.07) is 8.61. The average molecular weight is 472 g/mol. The van der Waals surface area contributed by atoms with Gasteiger partial charge in [-0.15, -0.1) is 36.2 Å². The van der Waals surface area contributed by atoms with E-state index in [1.165, 1.54) is 0 Å². The highest BCUT2D eigenvalue weighted by molar-refractivity contribution is 7.16. The second kappa shape index (κ2) is 10.8. The molecular formula is C21H31Cl2N5OS. The quantitative estimate of drug-likeness (QED) is 0.660. The van der Waals surface area contributed by atoms with Crippen molar-refractivity contribution in [3.8, 4) is 0 Å². The van der Waals surface area contributed by atoms with Crippen LogP contribution in [0.15, 0.2) is 29.3 Å². The second-order valence-electron chi connectivity index (χ2n) is 7.84. The minimum atomic E-state index is 0. The maximum absolute atomic E-state index is 5.48. The van der Waals surface area contributed by atoms with Crippen LogP contribution in [0.2, 0.25) is 0 Å². The number of anilines is 2. The number of thiazole rings is 1. The van der Waals surface area contributed by atoms with Gasteiger partial charge in [0.1, 0.15) is 10.7 Å². The van der Waals surface area contributed by atoms with Crippen LogP contribution >= 0.6 is 36.2 Å². The monoisotopic (exact) mass is 471 g/mol. The van der Waals surface area contributed by atoms with Crippen molar-refractivity contribution in [1.29, 1.82) is 0 Å². The molecule has 0 amide bonds. The number of methoxy groups -OCH3 is 1. The summed E-state index contributed by atoms with van der Waals surface area (Å²) in [7, 11) is 1.78. The summed E-state index contributed by atoms with van der Waals surface area (Å²) < 4.78 is 5.48. The Morgan fingerprint density at radius 2 is 2.00 bits per heavy atom. The first-order valence-corrected chi connectivity index (χ1v) is 10.8. The van der Waals surface area contributed by atoms with Crippen molar-refractivity contribution in [2.24, 2.45) is 4.99 Å². The number of aromatic nitrogens is 1. The summed E-state index contributed by atoms with van der Waals surface area (Å²) >= 11 is 1.74. The third kappa shape index (κ3) is 5.26. The highest BCUT2D eigenvalue weighted by atomic mass is 35.5. The highest BCUT2D eigenvalue weighted by Crippen LogP contribution is 2.39. The lowest BCUT2D eigenvalue weighted by Gasteiger charge is -2.36. The van der Waals surface area contributed by atoms with Crippen molar-refractivity contribution < 1.29 is 4.74 Å². The molecule has 2 atom stereocenters. The Morgan fingerprint density at radius 3 is 2.73 bits per heavy atom. The lowest BCUT2D eigenvalue weighted by Crippen LogP contribution is -2.53. The van der Waals surface area contributed by atoms with E-state index in [0.717, 1.165) is 59.0 Å². The minimum absolute atomic E-state index is 0. The molecule has 30 heavy (non-hydrogen) atoms. The molecule has 9 heteroatoms. The molecular weight excluding hydrogens is 441 g/mol. The molecule has 4 rings (SSSR count). The zero-order valence-electron chi connectivity index (χ0n) is 17.8. The van der Waals surface area contributed by atoms with Crippen molar-refractivity contribution in [3.63, 3.8) is 0 Å². The highest BCUT2D eigenvalue weighted by Gasteiger charge is 2.29. The largest absolute Gasteiger partial charge is 0.382 e. The van der Waals surface area contributed by atoms with Crippen molar-refractivity contribution >= 4 is 58.4 Å². The molecule has 166 valence electrons. The number of hydrogen-bond acceptors (Lipinski definition) is 7. The number of hydrogen-bond donors (Lipinski definition) is 2. The van der Waals surface area contributed by atoms with Gasteiger partial charge in [-0.3, -0.25) is 0 Å². The topological polar surface area (TPSA) is 61.8 Å². The fourth-order valence-corrected chi connectivity index (χ4v) is 4.66. The molecule has 0 bridgehead atoms. The van der Waals surface area contributed by atoms with Gasteiger partial charge in [0.05, 0.1) is 22.5 Å². The van der Waals surface area contributed by atoms with E-state index >= 15 is 0 Å². The van der Waals surface area contributed by atoms with Gasteiger partial charge in [-0.1, -0.05) is 26.0 Å². The normalized spacial score (nSPS) is 18.8. The molecule has 0 radical (unpaired) electrons. The number of nitrogens with one attached hydrogen (secondary N) is 2. The van der Waals surface area contributed by atoms with E-state index in [2.05, 4.69) is 48.4 Å². The van der Waals surface area contributed by atoms with Gasteiger partial charge in [0.25, 0.3) is 0 Å². The Kier molecular flexibility index (Phi) is 8.94. The van der Waals surface area contributed by atoms with E-state index in [4.69, 9.17) is 14.7 Å². The van der Waals surface area contributed by atoms with E-state index in [1.807, 2.05) is 12.1 Å². The smallest absolute Gasteiger partial charge is 0.158 e. The number of rotatable bonds is 4. The second-order valence-corrected chi connectivity index (χ2v) is 8.87. The van der Waals surface area contributed by atoms with Gasteiger partial charge in [0, 0.05) is 38.7 Å². The van der Waals surface area contributed by atoms with Crippen molar-refractivity contribution in [2.45, 2.75) is 45.3 Å². The number of aliphatic imine (C=N–C) groups is 1. The van der Waals surface area contributed by atoms with Gasteiger partial charge in [0.15, 0.2) is 5.84 Å². The minimum Gasteiger partial charge on any atom is -0.382 e. The van der Waals surface area contributed by atoms with E-state index < -0.39 is 0 Å². The van der Waals surface area contributed by atoms with Gasteiger partial charge in [-0.05, 0) is 25.5 Å². The molecule has 2 aliphatic heterocycles. The predicted molar refractivity (Wildman–Crippen MR) is 131 cm³/mol. The standard InChI is InChI=1S/C21H29N5OS.2ClH/c1-13(2)20-25-18-19(26-10-9-22-15(12-26)11-14(3)27-4)23-16-7-5-6-8-17(16)24-21(18)28-20;;/h5-8,13-15,22,24H,9-12H2,1-4H3;2*1H/t14-,15?;;/m0../s1. The fourth-order valence-electron chi connectivity index (χ4n) is 3.68. The first-order valence-electron chi connectivity index (χ1n) is 10.0. The number of fused-ring (bicyclic) bond motifs is 2. The fraction of sp³-hybridized carbons (Fsp3) is 0.524. The molecule has 1 saturated heterocycles. The Bertz CT molecular complexity index is 873. The molecule has 0 spiro atoms. The van der Waals surface area contributed by atoms with E-state index in [9.17, 15) is 0 Å². The number of ether oxygens (including phenoxy) is 1. The van der Waals surface area contributed by atoms with E-state index in [1.54, 1.807) is 18.4 Å². The van der Waals surface area contributed by atoms with Gasteiger partial charge >= 0.3 is 0 Å². The number of nitrogens with zero attached hydrogens (tertiary/aromatic N) is 3. The first kappa shape index (κ1) is 24.9. The number of para-hydroxylation sites is 2. The molecule has 0 saturated carbocycles. The van der Waals surface area contributed by atoms with E-state index in [-0.39, 0.29) is 30.9 Å². The van der Waals surface area contributed by atoms with Gasteiger partial charge in [0.2, 0.25) is 0 Å². The van der Waals surface area contributed by atoms with Gasteiger partial charge in [-0.2, -0.15) is 0 Å². The Hall–Kier alpha value is -1.38. The molecule has 2 N–H and O–H groups in total. The Labute approximate surface area is 195 Å². The maximum Gasteiger partial charge on any atom is 0.158 e. The summed E-state index contributed by atoms with van der Waals surface area (Å²) in [5.41, 5.74) is 2.98. The third-order valence-corrected chi connectivity index (χ3v) is 6.57. The molecule has 3 heterocycles. The molecule has 2 aromatic rings. The molecule has 1 aromatic heterocycles. The summed E-state index contributed by atoms with van der Waals surface area (Å²) in [5, 5.41) is 9.44. The Balaban J connectivity index is 0.00000160. The molecule has 1 aromatic carbocycles. The van der Waals surface area contributed by atoms with Crippen LogP contribution < -0.4 is 10.6 Å². The van der Waals surface area contributed by atoms with Crippen LogP contribution in [0.5, 0.6) is 0 Å². The summed E-state index contributed by atoms with van der Waals surface area (Å²) in [6.45, 7) is 9.27. The van der Waals surface area contributed by atoms with Crippen LogP contribution in [0.25, 0.3) is 0 Å². The lowest BCUT2D eigenvalue weighted by molar-refractivity contribution is 0.0929. The molecule has 2 aliphatic rings. The van der Waals surface area contributed by atoms with Crippen LogP contribution in [0.4, 0.5) is 16.4 Å². The number of benzene rings is 1. The first-order chi connectivity index (χ1) is 13.5. The SMILES string of the molecule is CO[C@@H](C)CC1CN(C2=Nc3ccccc3Nc3sc(C(C)C)nc32)CCN1.Cl.Cl. The Morgan fingerprint density at radius 1 is 1.23 bits per heavy atom. The maximum atomic E-state index is 5.48. The van der Waals surface area contributed by atoms with Crippen LogP contribution in [0, 0.1) is 0 Å². The predicted octanol–water partition coefficient (Wildman–Crippen LogP) is 4.94. The lowest BCUT2D eigenvalue weighted by atomic mass is 10.1. The summed E-state index contributed by atoms with van der Waals surface area (Å²) in [5.74, 6) is 1.38. The van der Waals surface area contributed by atoms with Crippen molar-refractivity contribution in [2.75, 3.05) is 32.1 Å². The zero-order valence-corrected chi connectivity index (χ0v) is 20.3. The molecule has 6 nitrogen and oxygen atoms in total. The number of amidine groups is 1. The van der Waals surface area contributed by atoms with Crippen molar-refractivity contribution in [3.05, 3.63) is 35.0 Å². The average Bonchev–Trinajstić information content (AvgIpc) is 3.04. The van der Waals surface area contributed by atoms with Crippen LogP contribution in [0.3, 0.4) is 0 Å². The third-order valence-electron chi connectivity index (χ3n) is 5.30. The molecule has 1 unspecified atom stereocenters. The van der Waals surface area contributed by atoms with Gasteiger partial charge in [-0.25, -0.2) is 9.98 Å².